The Morgan fingerprint density at radius 2 is 2.09 bits per heavy atom. The normalized spacial score (nSPS) is 13.4. The van der Waals surface area contributed by atoms with Gasteiger partial charge in [-0.2, -0.15) is 0 Å². The molecule has 1 amide bonds. The van der Waals surface area contributed by atoms with Gasteiger partial charge >= 0.3 is 0 Å². The second-order valence-electron chi connectivity index (χ2n) is 5.16. The lowest BCUT2D eigenvalue weighted by Crippen LogP contribution is -2.30. The van der Waals surface area contributed by atoms with Crippen LogP contribution in [-0.2, 0) is 21.3 Å². The van der Waals surface area contributed by atoms with Gasteiger partial charge in [0.05, 0.1) is 24.2 Å². The summed E-state index contributed by atoms with van der Waals surface area (Å²) in [6.45, 7) is 5.20. The van der Waals surface area contributed by atoms with Gasteiger partial charge in [-0.25, -0.2) is 0 Å². The summed E-state index contributed by atoms with van der Waals surface area (Å²) in [7, 11) is 0.152. The highest BCUT2D eigenvalue weighted by molar-refractivity contribution is 7.85. The molecule has 124 valence electrons. The van der Waals surface area contributed by atoms with Crippen LogP contribution in [0.2, 0.25) is 0 Å². The van der Waals surface area contributed by atoms with Gasteiger partial charge in [0.25, 0.3) is 0 Å². The Labute approximate surface area is 137 Å². The summed E-state index contributed by atoms with van der Waals surface area (Å²) in [4.78, 5) is 12.3. The summed E-state index contributed by atoms with van der Waals surface area (Å²) in [6.07, 6.45) is 0. The first-order valence-corrected chi connectivity index (χ1v) is 8.55. The van der Waals surface area contributed by atoms with Crippen molar-refractivity contribution >= 4 is 22.4 Å². The van der Waals surface area contributed by atoms with Crippen molar-refractivity contribution in [3.05, 3.63) is 41.3 Å². The van der Waals surface area contributed by atoms with E-state index in [9.17, 15) is 9.00 Å². The predicted octanol–water partition coefficient (Wildman–Crippen LogP) is 2.58. The zero-order valence-electron chi connectivity index (χ0n) is 13.6. The van der Waals surface area contributed by atoms with Crippen molar-refractivity contribution in [1.82, 2.24) is 5.16 Å². The fourth-order valence-corrected chi connectivity index (χ4v) is 3.32. The van der Waals surface area contributed by atoms with Crippen molar-refractivity contribution in [2.45, 2.75) is 31.8 Å². The Morgan fingerprint density at radius 3 is 2.70 bits per heavy atom. The Balaban J connectivity index is 2.06. The molecule has 0 aliphatic rings. The smallest absolute Gasteiger partial charge is 0.239 e. The molecule has 23 heavy (non-hydrogen) atoms. The Hall–Kier alpha value is -2.15. The fourth-order valence-electron chi connectivity index (χ4n) is 2.08. The molecule has 0 saturated heterocycles. The first kappa shape index (κ1) is 17.2. The van der Waals surface area contributed by atoms with E-state index in [1.807, 2.05) is 6.07 Å². The lowest BCUT2D eigenvalue weighted by molar-refractivity contribution is -0.115. The lowest BCUT2D eigenvalue weighted by atomic mass is 10.2. The molecule has 1 heterocycles. The van der Waals surface area contributed by atoms with Gasteiger partial charge in [-0.05, 0) is 32.9 Å². The van der Waals surface area contributed by atoms with Crippen molar-refractivity contribution in [1.29, 1.82) is 0 Å². The van der Waals surface area contributed by atoms with Gasteiger partial charge in [-0.3, -0.25) is 9.00 Å². The van der Waals surface area contributed by atoms with E-state index in [0.29, 0.717) is 22.9 Å². The zero-order valence-corrected chi connectivity index (χ0v) is 14.4. The van der Waals surface area contributed by atoms with Crippen LogP contribution in [0, 0.1) is 13.8 Å². The van der Waals surface area contributed by atoms with Crippen LogP contribution in [0.15, 0.2) is 28.8 Å². The second kappa shape index (κ2) is 7.41. The van der Waals surface area contributed by atoms with Crippen LogP contribution in [0.4, 0.5) is 5.69 Å². The Bertz CT molecular complexity index is 707. The van der Waals surface area contributed by atoms with E-state index in [2.05, 4.69) is 10.5 Å². The number of carbonyl (C=O) groups excluding carboxylic acids is 1. The molecule has 0 bridgehead atoms. The van der Waals surface area contributed by atoms with E-state index in [-0.39, 0.29) is 11.7 Å². The molecule has 0 radical (unpaired) electrons. The van der Waals surface area contributed by atoms with Crippen LogP contribution in [0.1, 0.15) is 23.9 Å². The minimum atomic E-state index is -1.38. The third kappa shape index (κ3) is 3.98. The molecular weight excluding hydrogens is 316 g/mol. The van der Waals surface area contributed by atoms with Crippen molar-refractivity contribution in [2.75, 3.05) is 12.4 Å². The van der Waals surface area contributed by atoms with Crippen LogP contribution in [0.5, 0.6) is 5.75 Å². The first-order chi connectivity index (χ1) is 10.9. The summed E-state index contributed by atoms with van der Waals surface area (Å²) in [5.41, 5.74) is 2.05. The summed E-state index contributed by atoms with van der Waals surface area (Å²) in [6, 6.07) is 7.10. The average molecular weight is 336 g/mol. The van der Waals surface area contributed by atoms with Gasteiger partial charge in [-0.1, -0.05) is 17.3 Å². The molecule has 0 aliphatic carbocycles. The highest BCUT2D eigenvalue weighted by Gasteiger charge is 2.23. The number of rotatable bonds is 6. The van der Waals surface area contributed by atoms with Gasteiger partial charge in [0.2, 0.25) is 5.91 Å². The van der Waals surface area contributed by atoms with Gasteiger partial charge < -0.3 is 14.6 Å². The summed E-state index contributed by atoms with van der Waals surface area (Å²) in [5.74, 6) is 1.11. The Morgan fingerprint density at radius 1 is 1.39 bits per heavy atom. The van der Waals surface area contributed by atoms with Gasteiger partial charge in [0.15, 0.2) is 0 Å². The minimum absolute atomic E-state index is 0.238. The number of methoxy groups -OCH3 is 1. The Kier molecular flexibility index (Phi) is 5.54. The number of aromatic nitrogens is 1. The molecule has 0 fully saturated rings. The molecule has 6 nitrogen and oxygen atoms in total. The number of anilines is 1. The maximum absolute atomic E-state index is 12.5. The topological polar surface area (TPSA) is 81.4 Å². The van der Waals surface area contributed by atoms with Crippen LogP contribution in [0.25, 0.3) is 0 Å². The quantitative estimate of drug-likeness (QED) is 0.877. The number of hydrogen-bond acceptors (Lipinski definition) is 5. The van der Waals surface area contributed by atoms with Gasteiger partial charge in [0.1, 0.15) is 16.8 Å². The van der Waals surface area contributed by atoms with E-state index < -0.39 is 16.0 Å². The molecule has 2 aromatic rings. The van der Waals surface area contributed by atoms with E-state index in [0.717, 1.165) is 5.56 Å². The molecule has 1 aromatic carbocycles. The van der Waals surface area contributed by atoms with Crippen LogP contribution in [0.3, 0.4) is 0 Å². The second-order valence-corrected chi connectivity index (χ2v) is 6.92. The number of carbonyl (C=O) groups is 1. The van der Waals surface area contributed by atoms with E-state index in [1.165, 1.54) is 7.11 Å². The summed E-state index contributed by atoms with van der Waals surface area (Å²) >= 11 is 0. The SMILES string of the molecule is COc1ccccc1NC(=O)[C@@H](C)[S@@](=O)Cc1c(C)noc1C. The third-order valence-electron chi connectivity index (χ3n) is 3.60. The highest BCUT2D eigenvalue weighted by atomic mass is 32.2. The van der Waals surface area contributed by atoms with E-state index in [1.54, 1.807) is 39.0 Å². The molecular formula is C16H20N2O4S. The van der Waals surface area contributed by atoms with Crippen LogP contribution in [-0.4, -0.2) is 27.6 Å². The first-order valence-electron chi connectivity index (χ1n) is 7.16. The fraction of sp³-hybridized carbons (Fsp3) is 0.375. The molecule has 2 atom stereocenters. The maximum atomic E-state index is 12.5. The molecule has 1 aromatic heterocycles. The lowest BCUT2D eigenvalue weighted by Gasteiger charge is -2.14. The van der Waals surface area contributed by atoms with Crippen molar-refractivity contribution < 1.29 is 18.3 Å². The largest absolute Gasteiger partial charge is 0.495 e. The molecule has 7 heteroatoms. The standard InChI is InChI=1S/C16H20N2O4S/c1-10-13(11(2)22-18-10)9-23(20)12(3)16(19)17-14-7-5-6-8-15(14)21-4/h5-8,12H,9H2,1-4H3,(H,17,19)/t12-,23+/m1/s1. The molecule has 0 unspecified atom stereocenters. The number of nitrogens with zero attached hydrogens (tertiary/aromatic N) is 1. The number of aryl methyl sites for hydroxylation is 2. The monoisotopic (exact) mass is 336 g/mol. The van der Waals surface area contributed by atoms with Crippen LogP contribution < -0.4 is 10.1 Å². The molecule has 0 saturated carbocycles. The van der Waals surface area contributed by atoms with Crippen LogP contribution >= 0.6 is 0 Å². The highest BCUT2D eigenvalue weighted by Crippen LogP contribution is 2.24. The average Bonchev–Trinajstić information content (AvgIpc) is 2.86. The van der Waals surface area contributed by atoms with Gasteiger partial charge in [0, 0.05) is 16.4 Å². The van der Waals surface area contributed by atoms with E-state index >= 15 is 0 Å². The number of para-hydroxylation sites is 2. The summed E-state index contributed by atoms with van der Waals surface area (Å²) < 4.78 is 22.7. The van der Waals surface area contributed by atoms with Crippen molar-refractivity contribution in [3.8, 4) is 5.75 Å². The van der Waals surface area contributed by atoms with Crippen molar-refractivity contribution in [2.24, 2.45) is 0 Å². The van der Waals surface area contributed by atoms with E-state index in [4.69, 9.17) is 9.26 Å². The maximum Gasteiger partial charge on any atom is 0.239 e. The zero-order chi connectivity index (χ0) is 17.0. The molecule has 0 spiro atoms. The molecule has 0 aliphatic heterocycles. The molecule has 2 rings (SSSR count). The predicted molar refractivity (Wildman–Crippen MR) is 88.9 cm³/mol. The van der Waals surface area contributed by atoms with Crippen molar-refractivity contribution in [3.63, 3.8) is 0 Å². The minimum Gasteiger partial charge on any atom is -0.495 e. The third-order valence-corrected chi connectivity index (χ3v) is 5.17. The number of benzene rings is 1. The number of hydrogen-bond donors (Lipinski definition) is 1. The summed E-state index contributed by atoms with van der Waals surface area (Å²) in [5, 5.41) is 5.92. The van der Waals surface area contributed by atoms with Gasteiger partial charge in [-0.15, -0.1) is 0 Å². The number of nitrogens with one attached hydrogen (secondary N) is 1. The molecule has 1 N–H and O–H groups in total. The number of ether oxygens (including phenoxy) is 1. The number of amides is 1.